The van der Waals surface area contributed by atoms with Crippen LogP contribution in [0.4, 0.5) is 0 Å². The number of carbonyl (C=O) groups is 2. The molecule has 0 bridgehead atoms. The fourth-order valence-electron chi connectivity index (χ4n) is 2.12. The smallest absolute Gasteiger partial charge is 0.242 e. The summed E-state index contributed by atoms with van der Waals surface area (Å²) < 4.78 is 0. The van der Waals surface area contributed by atoms with Crippen LogP contribution < -0.4 is 16.8 Å². The molecule has 1 rings (SSSR count). The molecule has 5 N–H and O–H groups in total. The minimum absolute atomic E-state index is 0.103. The van der Waals surface area contributed by atoms with Crippen molar-refractivity contribution in [3.05, 3.63) is 0 Å². The van der Waals surface area contributed by atoms with Crippen LogP contribution in [0.2, 0.25) is 0 Å². The van der Waals surface area contributed by atoms with E-state index in [0.717, 1.165) is 25.7 Å². The Bertz CT molecular complexity index is 294. The van der Waals surface area contributed by atoms with Crippen LogP contribution in [0.1, 0.15) is 46.0 Å². The molecule has 0 aromatic rings. The molecule has 17 heavy (non-hydrogen) atoms. The van der Waals surface area contributed by atoms with Gasteiger partial charge in [-0.2, -0.15) is 0 Å². The largest absolute Gasteiger partial charge is 0.368 e. The van der Waals surface area contributed by atoms with Gasteiger partial charge in [-0.1, -0.05) is 0 Å². The maximum Gasteiger partial charge on any atom is 0.242 e. The molecule has 0 aromatic carbocycles. The molecule has 5 nitrogen and oxygen atoms in total. The van der Waals surface area contributed by atoms with Crippen molar-refractivity contribution in [2.45, 2.75) is 57.5 Å². The predicted molar refractivity (Wildman–Crippen MR) is 66.0 cm³/mol. The summed E-state index contributed by atoms with van der Waals surface area (Å²) in [4.78, 5) is 22.8. The van der Waals surface area contributed by atoms with Crippen molar-refractivity contribution in [2.75, 3.05) is 0 Å². The van der Waals surface area contributed by atoms with Gasteiger partial charge in [-0.25, -0.2) is 0 Å². The van der Waals surface area contributed by atoms with Crippen molar-refractivity contribution in [1.29, 1.82) is 0 Å². The summed E-state index contributed by atoms with van der Waals surface area (Å²) in [5, 5.41) is 2.67. The SMILES string of the molecule is CC(C)(NC(=O)CC1CCC(N)CC1)C(N)=O. The first-order chi connectivity index (χ1) is 7.81. The highest BCUT2D eigenvalue weighted by atomic mass is 16.2. The lowest BCUT2D eigenvalue weighted by Gasteiger charge is -2.27. The van der Waals surface area contributed by atoms with E-state index >= 15 is 0 Å². The summed E-state index contributed by atoms with van der Waals surface area (Å²) in [6.45, 7) is 3.23. The van der Waals surface area contributed by atoms with Gasteiger partial charge in [0.2, 0.25) is 11.8 Å². The van der Waals surface area contributed by atoms with Gasteiger partial charge in [0.1, 0.15) is 5.54 Å². The standard InChI is InChI=1S/C12H23N3O2/c1-12(2,11(14)17)15-10(16)7-8-3-5-9(13)6-4-8/h8-9H,3-7,13H2,1-2H3,(H2,14,17)(H,15,16). The third-order valence-corrected chi connectivity index (χ3v) is 3.43. The maximum absolute atomic E-state index is 11.8. The molecule has 0 saturated heterocycles. The summed E-state index contributed by atoms with van der Waals surface area (Å²) in [5.41, 5.74) is 10.0. The Kier molecular flexibility index (Phi) is 4.51. The highest BCUT2D eigenvalue weighted by Crippen LogP contribution is 2.25. The number of rotatable bonds is 4. The zero-order valence-electron chi connectivity index (χ0n) is 10.7. The van der Waals surface area contributed by atoms with E-state index in [4.69, 9.17) is 11.5 Å². The van der Waals surface area contributed by atoms with Crippen LogP contribution in [0, 0.1) is 5.92 Å². The molecular formula is C12H23N3O2. The van der Waals surface area contributed by atoms with E-state index in [1.165, 1.54) is 0 Å². The van der Waals surface area contributed by atoms with Gasteiger partial charge in [-0.15, -0.1) is 0 Å². The van der Waals surface area contributed by atoms with Gasteiger partial charge < -0.3 is 16.8 Å². The quantitative estimate of drug-likeness (QED) is 0.659. The summed E-state index contributed by atoms with van der Waals surface area (Å²) in [7, 11) is 0. The second-order valence-electron chi connectivity index (χ2n) is 5.52. The van der Waals surface area contributed by atoms with Gasteiger partial charge in [-0.3, -0.25) is 9.59 Å². The molecule has 1 fully saturated rings. The average molecular weight is 241 g/mol. The molecule has 0 unspecified atom stereocenters. The van der Waals surface area contributed by atoms with Crippen molar-refractivity contribution in [1.82, 2.24) is 5.32 Å². The molecule has 0 aromatic heterocycles. The summed E-state index contributed by atoms with van der Waals surface area (Å²) >= 11 is 0. The van der Waals surface area contributed by atoms with Gasteiger partial charge in [-0.05, 0) is 45.4 Å². The van der Waals surface area contributed by atoms with E-state index in [1.54, 1.807) is 13.8 Å². The monoisotopic (exact) mass is 241 g/mol. The van der Waals surface area contributed by atoms with Crippen molar-refractivity contribution in [3.8, 4) is 0 Å². The molecule has 2 amide bonds. The highest BCUT2D eigenvalue weighted by Gasteiger charge is 2.28. The van der Waals surface area contributed by atoms with Gasteiger partial charge in [0.05, 0.1) is 0 Å². The lowest BCUT2D eigenvalue weighted by Crippen LogP contribution is -2.53. The zero-order chi connectivity index (χ0) is 13.1. The Morgan fingerprint density at radius 1 is 1.24 bits per heavy atom. The van der Waals surface area contributed by atoms with Crippen molar-refractivity contribution in [3.63, 3.8) is 0 Å². The second-order valence-corrected chi connectivity index (χ2v) is 5.52. The number of nitrogens with one attached hydrogen (secondary N) is 1. The predicted octanol–water partition coefficient (Wildman–Crippen LogP) is 0.274. The van der Waals surface area contributed by atoms with E-state index < -0.39 is 11.4 Å². The zero-order valence-corrected chi connectivity index (χ0v) is 10.7. The van der Waals surface area contributed by atoms with Gasteiger partial charge >= 0.3 is 0 Å². The third-order valence-electron chi connectivity index (χ3n) is 3.43. The van der Waals surface area contributed by atoms with Crippen LogP contribution in [0.25, 0.3) is 0 Å². The van der Waals surface area contributed by atoms with Crippen LogP contribution in [0.3, 0.4) is 0 Å². The van der Waals surface area contributed by atoms with Crippen LogP contribution in [-0.4, -0.2) is 23.4 Å². The molecule has 5 heteroatoms. The van der Waals surface area contributed by atoms with E-state index in [-0.39, 0.29) is 11.9 Å². The number of primary amides is 1. The maximum atomic E-state index is 11.8. The molecule has 0 atom stereocenters. The number of hydrogen-bond acceptors (Lipinski definition) is 3. The molecule has 0 heterocycles. The first kappa shape index (κ1) is 14.0. The Labute approximate surface area is 102 Å². The molecule has 98 valence electrons. The van der Waals surface area contributed by atoms with Crippen LogP contribution >= 0.6 is 0 Å². The normalized spacial score (nSPS) is 25.4. The van der Waals surface area contributed by atoms with E-state index in [2.05, 4.69) is 5.32 Å². The van der Waals surface area contributed by atoms with Crippen LogP contribution in [-0.2, 0) is 9.59 Å². The summed E-state index contributed by atoms with van der Waals surface area (Å²) in [5.74, 6) is -0.232. The molecular weight excluding hydrogens is 218 g/mol. The van der Waals surface area contributed by atoms with Crippen molar-refractivity contribution >= 4 is 11.8 Å². The first-order valence-corrected chi connectivity index (χ1v) is 6.18. The molecule has 1 saturated carbocycles. The van der Waals surface area contributed by atoms with Crippen molar-refractivity contribution in [2.24, 2.45) is 17.4 Å². The Morgan fingerprint density at radius 2 is 1.76 bits per heavy atom. The molecule has 1 aliphatic rings. The number of hydrogen-bond donors (Lipinski definition) is 3. The Balaban J connectivity index is 2.37. The van der Waals surface area contributed by atoms with Crippen molar-refractivity contribution < 1.29 is 9.59 Å². The Morgan fingerprint density at radius 3 is 2.24 bits per heavy atom. The lowest BCUT2D eigenvalue weighted by atomic mass is 9.84. The minimum Gasteiger partial charge on any atom is -0.368 e. The fourth-order valence-corrected chi connectivity index (χ4v) is 2.12. The van der Waals surface area contributed by atoms with E-state index in [0.29, 0.717) is 12.3 Å². The summed E-state index contributed by atoms with van der Waals surface area (Å²) in [6, 6.07) is 0.288. The highest BCUT2D eigenvalue weighted by molar-refractivity contribution is 5.89. The molecule has 0 spiro atoms. The fraction of sp³-hybridized carbons (Fsp3) is 0.833. The number of nitrogens with two attached hydrogens (primary N) is 2. The number of amides is 2. The van der Waals surface area contributed by atoms with Crippen LogP contribution in [0.5, 0.6) is 0 Å². The van der Waals surface area contributed by atoms with Crippen LogP contribution in [0.15, 0.2) is 0 Å². The minimum atomic E-state index is -0.970. The first-order valence-electron chi connectivity index (χ1n) is 6.18. The topological polar surface area (TPSA) is 98.2 Å². The Hall–Kier alpha value is -1.10. The van der Waals surface area contributed by atoms with E-state index in [1.807, 2.05) is 0 Å². The molecule has 0 radical (unpaired) electrons. The third kappa shape index (κ3) is 4.34. The lowest BCUT2D eigenvalue weighted by molar-refractivity contribution is -0.131. The molecule has 1 aliphatic carbocycles. The van der Waals surface area contributed by atoms with E-state index in [9.17, 15) is 9.59 Å². The van der Waals surface area contributed by atoms with Gasteiger partial charge in [0.15, 0.2) is 0 Å². The van der Waals surface area contributed by atoms with Gasteiger partial charge in [0, 0.05) is 12.5 Å². The summed E-state index contributed by atoms with van der Waals surface area (Å²) in [6.07, 6.45) is 4.41. The average Bonchev–Trinajstić information content (AvgIpc) is 2.20. The second kappa shape index (κ2) is 5.49. The molecule has 0 aliphatic heterocycles. The van der Waals surface area contributed by atoms with Gasteiger partial charge in [0.25, 0.3) is 0 Å². The number of carbonyl (C=O) groups excluding carboxylic acids is 2.